The van der Waals surface area contributed by atoms with E-state index < -0.39 is 9.84 Å². The zero-order chi connectivity index (χ0) is 18.5. The molecule has 138 valence electrons. The number of hydrogen-bond acceptors (Lipinski definition) is 5. The van der Waals surface area contributed by atoms with Crippen molar-refractivity contribution in [2.75, 3.05) is 22.6 Å². The molecule has 1 unspecified atom stereocenters. The van der Waals surface area contributed by atoms with Crippen LogP contribution in [0.4, 0.5) is 11.5 Å². The SMILES string of the molecule is Cc1ccc(N)cc1C(=O)Nc1cc(C2CC2)nn1C1CCS(=O)(=O)C1. The number of benzene rings is 1. The van der Waals surface area contributed by atoms with Crippen LogP contribution in [0.2, 0.25) is 0 Å². The van der Waals surface area contributed by atoms with E-state index in [1.165, 1.54) is 0 Å². The van der Waals surface area contributed by atoms with E-state index >= 15 is 0 Å². The van der Waals surface area contributed by atoms with Crippen LogP contribution >= 0.6 is 0 Å². The third-order valence-electron chi connectivity index (χ3n) is 5.05. The molecule has 4 rings (SSSR count). The average Bonchev–Trinajstić information content (AvgIpc) is 3.25. The molecule has 1 aliphatic carbocycles. The van der Waals surface area contributed by atoms with Crippen LogP contribution < -0.4 is 11.1 Å². The molecule has 1 aliphatic heterocycles. The number of aromatic nitrogens is 2. The van der Waals surface area contributed by atoms with Crippen molar-refractivity contribution >= 4 is 27.2 Å². The first-order chi connectivity index (χ1) is 12.3. The summed E-state index contributed by atoms with van der Waals surface area (Å²) < 4.78 is 25.4. The number of anilines is 2. The standard InChI is InChI=1S/C18H22N4O3S/c1-11-2-5-13(19)8-15(11)18(23)20-17-9-16(12-3-4-12)21-22(17)14-6-7-26(24,25)10-14/h2,5,8-9,12,14H,3-4,6-7,10,19H2,1H3,(H,20,23). The summed E-state index contributed by atoms with van der Waals surface area (Å²) in [6.45, 7) is 1.85. The van der Waals surface area contributed by atoms with E-state index in [0.717, 1.165) is 24.1 Å². The lowest BCUT2D eigenvalue weighted by Crippen LogP contribution is -2.20. The Morgan fingerprint density at radius 2 is 2.04 bits per heavy atom. The minimum atomic E-state index is -3.04. The smallest absolute Gasteiger partial charge is 0.257 e. The molecule has 3 N–H and O–H groups in total. The van der Waals surface area contributed by atoms with Gasteiger partial charge in [0.2, 0.25) is 0 Å². The Morgan fingerprint density at radius 3 is 2.69 bits per heavy atom. The molecule has 1 atom stereocenters. The molecule has 26 heavy (non-hydrogen) atoms. The zero-order valence-electron chi connectivity index (χ0n) is 14.6. The Kier molecular flexibility index (Phi) is 4.02. The number of hydrogen-bond donors (Lipinski definition) is 2. The first-order valence-corrected chi connectivity index (χ1v) is 10.6. The number of carbonyl (C=O) groups excluding carboxylic acids is 1. The molecule has 0 bridgehead atoms. The predicted octanol–water partition coefficient (Wildman–Crippen LogP) is 2.26. The van der Waals surface area contributed by atoms with Gasteiger partial charge in [-0.25, -0.2) is 13.1 Å². The summed E-state index contributed by atoms with van der Waals surface area (Å²) in [5.74, 6) is 0.941. The molecule has 7 nitrogen and oxygen atoms in total. The molecule has 2 aliphatic rings. The summed E-state index contributed by atoms with van der Waals surface area (Å²) in [5.41, 5.74) is 8.59. The fourth-order valence-corrected chi connectivity index (χ4v) is 5.09. The maximum Gasteiger partial charge on any atom is 0.257 e. The van der Waals surface area contributed by atoms with Gasteiger partial charge < -0.3 is 11.1 Å². The third kappa shape index (κ3) is 3.33. The van der Waals surface area contributed by atoms with Crippen LogP contribution in [0.1, 0.15) is 52.8 Å². The molecule has 2 heterocycles. The average molecular weight is 374 g/mol. The van der Waals surface area contributed by atoms with Crippen molar-refractivity contribution in [2.24, 2.45) is 0 Å². The number of nitrogen functional groups attached to an aromatic ring is 1. The molecule has 2 fully saturated rings. The van der Waals surface area contributed by atoms with Gasteiger partial charge >= 0.3 is 0 Å². The topological polar surface area (TPSA) is 107 Å². The van der Waals surface area contributed by atoms with E-state index in [1.807, 2.05) is 13.0 Å². The number of sulfone groups is 1. The number of nitrogens with zero attached hydrogens (tertiary/aromatic N) is 2. The number of amides is 1. The minimum absolute atomic E-state index is 0.0684. The lowest BCUT2D eigenvalue weighted by molar-refractivity contribution is 0.102. The van der Waals surface area contributed by atoms with Crippen molar-refractivity contribution < 1.29 is 13.2 Å². The highest BCUT2D eigenvalue weighted by Gasteiger charge is 2.34. The maximum absolute atomic E-state index is 12.8. The van der Waals surface area contributed by atoms with Crippen LogP contribution in [-0.2, 0) is 9.84 Å². The van der Waals surface area contributed by atoms with Crippen LogP contribution in [0.15, 0.2) is 24.3 Å². The number of rotatable bonds is 4. The number of nitrogens with two attached hydrogens (primary N) is 1. The summed E-state index contributed by atoms with van der Waals surface area (Å²) in [6, 6.07) is 6.85. The summed E-state index contributed by atoms with van der Waals surface area (Å²) >= 11 is 0. The molecule has 8 heteroatoms. The Morgan fingerprint density at radius 1 is 1.27 bits per heavy atom. The molecule has 1 aromatic heterocycles. The molecule has 0 spiro atoms. The summed E-state index contributed by atoms with van der Waals surface area (Å²) in [5, 5.41) is 7.53. The Balaban J connectivity index is 1.65. The van der Waals surface area contributed by atoms with Crippen LogP contribution in [0.25, 0.3) is 0 Å². The molecule has 1 aromatic carbocycles. The highest BCUT2D eigenvalue weighted by Crippen LogP contribution is 2.41. The Labute approximate surface area is 152 Å². The van der Waals surface area contributed by atoms with Crippen LogP contribution in [0.3, 0.4) is 0 Å². The monoisotopic (exact) mass is 374 g/mol. The van der Waals surface area contributed by atoms with E-state index in [4.69, 9.17) is 5.73 Å². The van der Waals surface area contributed by atoms with Gasteiger partial charge in [0, 0.05) is 23.2 Å². The number of carbonyl (C=O) groups is 1. The molecule has 1 saturated carbocycles. The largest absolute Gasteiger partial charge is 0.399 e. The summed E-state index contributed by atoms with van der Waals surface area (Å²) in [6.07, 6.45) is 2.69. The summed E-state index contributed by atoms with van der Waals surface area (Å²) in [7, 11) is -3.04. The van der Waals surface area contributed by atoms with E-state index in [0.29, 0.717) is 29.4 Å². The Hall–Kier alpha value is -2.35. The molecular weight excluding hydrogens is 352 g/mol. The van der Waals surface area contributed by atoms with Gasteiger partial charge in [-0.15, -0.1) is 0 Å². The van der Waals surface area contributed by atoms with E-state index in [-0.39, 0.29) is 23.5 Å². The van der Waals surface area contributed by atoms with Crippen LogP contribution in [0.5, 0.6) is 0 Å². The van der Waals surface area contributed by atoms with Crippen molar-refractivity contribution in [2.45, 2.75) is 38.1 Å². The van der Waals surface area contributed by atoms with Crippen molar-refractivity contribution in [3.8, 4) is 0 Å². The van der Waals surface area contributed by atoms with Gasteiger partial charge in [-0.3, -0.25) is 4.79 Å². The van der Waals surface area contributed by atoms with Gasteiger partial charge in [-0.1, -0.05) is 6.07 Å². The molecule has 2 aromatic rings. The first-order valence-electron chi connectivity index (χ1n) is 8.80. The van der Waals surface area contributed by atoms with E-state index in [1.54, 1.807) is 22.9 Å². The van der Waals surface area contributed by atoms with Crippen molar-refractivity contribution in [3.63, 3.8) is 0 Å². The lowest BCUT2D eigenvalue weighted by Gasteiger charge is -2.14. The second-order valence-electron chi connectivity index (χ2n) is 7.26. The van der Waals surface area contributed by atoms with E-state index in [2.05, 4.69) is 10.4 Å². The fourth-order valence-electron chi connectivity index (χ4n) is 3.40. The van der Waals surface area contributed by atoms with Gasteiger partial charge in [0.05, 0.1) is 23.2 Å². The quantitative estimate of drug-likeness (QED) is 0.798. The van der Waals surface area contributed by atoms with Gasteiger partial charge in [-0.2, -0.15) is 5.10 Å². The fraction of sp³-hybridized carbons (Fsp3) is 0.444. The molecule has 1 amide bonds. The second kappa shape index (κ2) is 6.12. The van der Waals surface area contributed by atoms with E-state index in [9.17, 15) is 13.2 Å². The van der Waals surface area contributed by atoms with Crippen molar-refractivity contribution in [1.29, 1.82) is 0 Å². The van der Waals surface area contributed by atoms with Gasteiger partial charge in [-0.05, 0) is 43.9 Å². The van der Waals surface area contributed by atoms with Gasteiger partial charge in [0.25, 0.3) is 5.91 Å². The van der Waals surface area contributed by atoms with Crippen molar-refractivity contribution in [3.05, 3.63) is 41.1 Å². The van der Waals surface area contributed by atoms with Crippen LogP contribution in [-0.4, -0.2) is 35.6 Å². The minimum Gasteiger partial charge on any atom is -0.399 e. The Bertz CT molecular complexity index is 976. The normalized spacial score (nSPS) is 21.7. The molecule has 1 saturated heterocycles. The van der Waals surface area contributed by atoms with Crippen molar-refractivity contribution in [1.82, 2.24) is 9.78 Å². The number of nitrogens with one attached hydrogen (secondary N) is 1. The second-order valence-corrected chi connectivity index (χ2v) is 9.49. The van der Waals surface area contributed by atoms with Gasteiger partial charge in [0.15, 0.2) is 9.84 Å². The summed E-state index contributed by atoms with van der Waals surface area (Å²) in [4.78, 5) is 12.8. The third-order valence-corrected chi connectivity index (χ3v) is 6.80. The predicted molar refractivity (Wildman–Crippen MR) is 100 cm³/mol. The van der Waals surface area contributed by atoms with Crippen LogP contribution in [0, 0.1) is 6.92 Å². The first kappa shape index (κ1) is 17.1. The highest BCUT2D eigenvalue weighted by molar-refractivity contribution is 7.91. The lowest BCUT2D eigenvalue weighted by atomic mass is 10.1. The molecule has 0 radical (unpaired) electrons. The highest BCUT2D eigenvalue weighted by atomic mass is 32.2. The number of aryl methyl sites for hydroxylation is 1. The zero-order valence-corrected chi connectivity index (χ0v) is 15.4. The maximum atomic E-state index is 12.8. The van der Waals surface area contributed by atoms with Gasteiger partial charge in [0.1, 0.15) is 5.82 Å². The molecular formula is C18H22N4O3S.